The lowest BCUT2D eigenvalue weighted by Gasteiger charge is -2.17. The Morgan fingerprint density at radius 2 is 1.93 bits per heavy atom. The lowest BCUT2D eigenvalue weighted by atomic mass is 10.0. The zero-order chi connectivity index (χ0) is 20.8. The van der Waals surface area contributed by atoms with Crippen molar-refractivity contribution in [1.29, 1.82) is 0 Å². The van der Waals surface area contributed by atoms with Crippen molar-refractivity contribution in [3.63, 3.8) is 0 Å². The molecule has 0 amide bonds. The molecule has 1 atom stereocenters. The average Bonchev–Trinajstić information content (AvgIpc) is 2.70. The van der Waals surface area contributed by atoms with Gasteiger partial charge in [0.1, 0.15) is 11.3 Å². The number of ketones is 1. The SMILES string of the molecule is CCCC(=O)c1cnc2c(OCCS(C)=O)cccc2c1Nc1ccccc1C.Cl. The Morgan fingerprint density at radius 1 is 1.17 bits per heavy atom. The van der Waals surface area contributed by atoms with Crippen LogP contribution in [0.3, 0.4) is 0 Å². The Hall–Kier alpha value is -2.44. The van der Waals surface area contributed by atoms with E-state index in [1.54, 1.807) is 12.5 Å². The van der Waals surface area contributed by atoms with E-state index >= 15 is 0 Å². The predicted molar refractivity (Wildman–Crippen MR) is 127 cm³/mol. The second-order valence-electron chi connectivity index (χ2n) is 6.94. The van der Waals surface area contributed by atoms with Crippen LogP contribution in [0.1, 0.15) is 35.7 Å². The van der Waals surface area contributed by atoms with Crippen molar-refractivity contribution in [1.82, 2.24) is 4.98 Å². The van der Waals surface area contributed by atoms with Crippen LogP contribution in [0.4, 0.5) is 11.4 Å². The third-order valence-corrected chi connectivity index (χ3v) is 5.41. The van der Waals surface area contributed by atoms with E-state index in [0.717, 1.165) is 28.7 Å². The number of carbonyl (C=O) groups excluding carboxylic acids is 1. The highest BCUT2D eigenvalue weighted by Gasteiger charge is 2.17. The Morgan fingerprint density at radius 3 is 2.63 bits per heavy atom. The number of anilines is 2. The second-order valence-corrected chi connectivity index (χ2v) is 8.49. The first kappa shape index (κ1) is 23.8. The lowest BCUT2D eigenvalue weighted by Crippen LogP contribution is -2.09. The molecule has 0 aliphatic rings. The number of pyridine rings is 1. The van der Waals surface area contributed by atoms with Gasteiger partial charge in [-0.25, -0.2) is 0 Å². The number of hydrogen-bond acceptors (Lipinski definition) is 5. The largest absolute Gasteiger partial charge is 0.490 e. The lowest BCUT2D eigenvalue weighted by molar-refractivity contribution is 0.0982. The van der Waals surface area contributed by atoms with E-state index < -0.39 is 10.8 Å². The van der Waals surface area contributed by atoms with Gasteiger partial charge in [0.05, 0.1) is 23.6 Å². The number of carbonyl (C=O) groups is 1. The zero-order valence-electron chi connectivity index (χ0n) is 17.4. The van der Waals surface area contributed by atoms with Gasteiger partial charge in [0.25, 0.3) is 0 Å². The summed E-state index contributed by atoms with van der Waals surface area (Å²) in [5, 5.41) is 4.28. The predicted octanol–water partition coefficient (Wildman–Crippen LogP) is 5.45. The molecule has 160 valence electrons. The van der Waals surface area contributed by atoms with Crippen LogP contribution in [-0.4, -0.2) is 33.6 Å². The number of aryl methyl sites for hydroxylation is 1. The summed E-state index contributed by atoms with van der Waals surface area (Å²) < 4.78 is 17.2. The van der Waals surface area contributed by atoms with Crippen molar-refractivity contribution in [2.75, 3.05) is 23.9 Å². The fourth-order valence-electron chi connectivity index (χ4n) is 3.14. The van der Waals surface area contributed by atoms with Gasteiger partial charge in [-0.2, -0.15) is 0 Å². The smallest absolute Gasteiger partial charge is 0.166 e. The number of hydrogen-bond donors (Lipinski definition) is 1. The summed E-state index contributed by atoms with van der Waals surface area (Å²) in [6.45, 7) is 4.37. The van der Waals surface area contributed by atoms with Gasteiger partial charge in [0.2, 0.25) is 0 Å². The van der Waals surface area contributed by atoms with Gasteiger partial charge in [-0.3, -0.25) is 14.0 Å². The molecular weight excluding hydrogens is 420 g/mol. The summed E-state index contributed by atoms with van der Waals surface area (Å²) >= 11 is 0. The number of aromatic nitrogens is 1. The van der Waals surface area contributed by atoms with Gasteiger partial charge < -0.3 is 10.1 Å². The molecule has 7 heteroatoms. The maximum Gasteiger partial charge on any atom is 0.166 e. The fraction of sp³-hybridized carbons (Fsp3) is 0.304. The van der Waals surface area contributed by atoms with E-state index in [1.165, 1.54) is 0 Å². The minimum atomic E-state index is -0.921. The maximum atomic E-state index is 12.8. The quantitative estimate of drug-likeness (QED) is 0.442. The highest BCUT2D eigenvalue weighted by atomic mass is 35.5. The molecule has 1 unspecified atom stereocenters. The molecule has 3 rings (SSSR count). The number of halogens is 1. The maximum absolute atomic E-state index is 12.8. The van der Waals surface area contributed by atoms with Crippen LogP contribution in [0.15, 0.2) is 48.7 Å². The van der Waals surface area contributed by atoms with Crippen LogP contribution < -0.4 is 10.1 Å². The highest BCUT2D eigenvalue weighted by Crippen LogP contribution is 2.35. The number of fused-ring (bicyclic) bond motifs is 1. The second kappa shape index (κ2) is 11.1. The van der Waals surface area contributed by atoms with E-state index in [-0.39, 0.29) is 18.2 Å². The number of para-hydroxylation sites is 2. The topological polar surface area (TPSA) is 68.3 Å². The van der Waals surface area contributed by atoms with Crippen LogP contribution in [0.25, 0.3) is 10.9 Å². The summed E-state index contributed by atoms with van der Waals surface area (Å²) in [5.41, 5.74) is 4.03. The molecule has 0 fully saturated rings. The molecule has 1 N–H and O–H groups in total. The van der Waals surface area contributed by atoms with Crippen molar-refractivity contribution in [2.24, 2.45) is 0 Å². The molecule has 0 aliphatic carbocycles. The van der Waals surface area contributed by atoms with Crippen LogP contribution in [-0.2, 0) is 10.8 Å². The monoisotopic (exact) mass is 446 g/mol. The van der Waals surface area contributed by atoms with E-state index in [2.05, 4.69) is 10.3 Å². The van der Waals surface area contributed by atoms with Crippen LogP contribution in [0.2, 0.25) is 0 Å². The van der Waals surface area contributed by atoms with Crippen molar-refractivity contribution >= 4 is 51.3 Å². The van der Waals surface area contributed by atoms with E-state index in [9.17, 15) is 9.00 Å². The van der Waals surface area contributed by atoms with Gasteiger partial charge in [0.15, 0.2) is 5.78 Å². The zero-order valence-corrected chi connectivity index (χ0v) is 19.1. The minimum Gasteiger partial charge on any atom is -0.490 e. The molecule has 0 aliphatic heterocycles. The molecule has 5 nitrogen and oxygen atoms in total. The molecular formula is C23H27ClN2O3S. The standard InChI is InChI=1S/C23H26N2O3S.ClH/c1-4-8-20(26)18-15-24-23-17(10-7-12-21(23)28-13-14-29(3)27)22(18)25-19-11-6-5-9-16(19)2;/h5-7,9-12,15H,4,8,13-14H2,1-3H3,(H,24,25);1H. The molecule has 0 bridgehead atoms. The molecule has 30 heavy (non-hydrogen) atoms. The van der Waals surface area contributed by atoms with Crippen molar-refractivity contribution in [2.45, 2.75) is 26.7 Å². The van der Waals surface area contributed by atoms with Crippen molar-refractivity contribution in [3.05, 3.63) is 59.8 Å². The number of nitrogens with one attached hydrogen (secondary N) is 1. The summed E-state index contributed by atoms with van der Waals surface area (Å²) in [6.07, 6.45) is 4.53. The molecule has 3 aromatic rings. The summed E-state index contributed by atoms with van der Waals surface area (Å²) in [7, 11) is -0.921. The summed E-state index contributed by atoms with van der Waals surface area (Å²) in [4.78, 5) is 17.3. The van der Waals surface area contributed by atoms with Crippen molar-refractivity contribution < 1.29 is 13.7 Å². The Bertz CT molecular complexity index is 1060. The Kier molecular flexibility index (Phi) is 8.81. The summed E-state index contributed by atoms with van der Waals surface area (Å²) in [5.74, 6) is 1.14. The first-order valence-electron chi connectivity index (χ1n) is 9.71. The molecule has 0 saturated heterocycles. The molecule has 1 aromatic heterocycles. The fourth-order valence-corrected chi connectivity index (χ4v) is 3.46. The highest BCUT2D eigenvalue weighted by molar-refractivity contribution is 7.84. The third kappa shape index (κ3) is 5.58. The number of rotatable bonds is 9. The average molecular weight is 447 g/mol. The van der Waals surface area contributed by atoms with Crippen molar-refractivity contribution in [3.8, 4) is 5.75 Å². The number of benzene rings is 2. The molecule has 1 heterocycles. The Labute approximate surface area is 186 Å². The molecule has 2 aromatic carbocycles. The van der Waals surface area contributed by atoms with Gasteiger partial charge in [-0.05, 0) is 31.0 Å². The molecule has 0 radical (unpaired) electrons. The van der Waals surface area contributed by atoms with Crippen LogP contribution in [0.5, 0.6) is 5.75 Å². The third-order valence-electron chi connectivity index (χ3n) is 4.67. The molecule has 0 saturated carbocycles. The first-order chi connectivity index (χ1) is 14.0. The van der Waals surface area contributed by atoms with E-state index in [0.29, 0.717) is 35.6 Å². The van der Waals surface area contributed by atoms with Gasteiger partial charge in [0, 0.05) is 40.7 Å². The molecule has 0 spiro atoms. The summed E-state index contributed by atoms with van der Waals surface area (Å²) in [6, 6.07) is 13.6. The number of ether oxygens (including phenoxy) is 1. The van der Waals surface area contributed by atoms with Crippen LogP contribution in [0, 0.1) is 6.92 Å². The first-order valence-corrected chi connectivity index (χ1v) is 11.4. The van der Waals surface area contributed by atoms with E-state index in [4.69, 9.17) is 4.74 Å². The van der Waals surface area contributed by atoms with Crippen LogP contribution >= 0.6 is 12.4 Å². The minimum absolute atomic E-state index is 0. The Balaban J connectivity index is 0.00000320. The number of nitrogens with zero attached hydrogens (tertiary/aromatic N) is 1. The van der Waals surface area contributed by atoms with Gasteiger partial charge in [-0.15, -0.1) is 12.4 Å². The van der Waals surface area contributed by atoms with E-state index in [1.807, 2.05) is 56.3 Å². The van der Waals surface area contributed by atoms with Gasteiger partial charge >= 0.3 is 0 Å². The van der Waals surface area contributed by atoms with Gasteiger partial charge in [-0.1, -0.05) is 37.3 Å². The number of Topliss-reactive ketones (excluding diaryl/α,β-unsaturated/α-hetero) is 1. The normalized spacial score (nSPS) is 11.6.